The van der Waals surface area contributed by atoms with Crippen LogP contribution in [0.2, 0.25) is 0 Å². The number of benzene rings is 2. The van der Waals surface area contributed by atoms with Crippen molar-refractivity contribution in [1.29, 1.82) is 0 Å². The van der Waals surface area contributed by atoms with Crippen molar-refractivity contribution in [2.45, 2.75) is 24.5 Å². The van der Waals surface area contributed by atoms with Gasteiger partial charge in [0.2, 0.25) is 5.91 Å². The number of piperidine rings is 1. The van der Waals surface area contributed by atoms with Crippen molar-refractivity contribution in [2.75, 3.05) is 36.2 Å². The van der Waals surface area contributed by atoms with E-state index in [0.29, 0.717) is 0 Å². The lowest BCUT2D eigenvalue weighted by Gasteiger charge is -2.32. The zero-order valence-corrected chi connectivity index (χ0v) is 21.4. The summed E-state index contributed by atoms with van der Waals surface area (Å²) in [6.07, 6.45) is 5.27. The molecule has 0 bridgehead atoms. The number of aromatic nitrogens is 4. The molecule has 2 aromatic heterocycles. The Kier molecular flexibility index (Phi) is 6.53. The summed E-state index contributed by atoms with van der Waals surface area (Å²) in [5, 5.41) is 4.18. The fourth-order valence-electron chi connectivity index (χ4n) is 4.83. The Morgan fingerprint density at radius 1 is 0.973 bits per heavy atom. The second-order valence-electron chi connectivity index (χ2n) is 9.27. The zero-order chi connectivity index (χ0) is 25.2. The molecule has 2 aromatic carbocycles. The number of aryl methyl sites for hydroxylation is 1. The maximum atomic E-state index is 13.0. The molecule has 0 radical (unpaired) electrons. The van der Waals surface area contributed by atoms with Gasteiger partial charge in [-0.1, -0.05) is 23.9 Å². The number of anilines is 2. The van der Waals surface area contributed by atoms with Crippen LogP contribution in [0.1, 0.15) is 12.8 Å². The Hall–Kier alpha value is -3.85. The molecule has 8 nitrogen and oxygen atoms in total. The molecule has 2 aliphatic heterocycles. The van der Waals surface area contributed by atoms with Gasteiger partial charge in [0.05, 0.1) is 18.5 Å². The highest BCUT2D eigenvalue weighted by Crippen LogP contribution is 2.30. The average Bonchev–Trinajstić information content (AvgIpc) is 3.57. The lowest BCUT2D eigenvalue weighted by atomic mass is 9.95. The number of thioether (sulfide) groups is 1. The third-order valence-electron chi connectivity index (χ3n) is 6.98. The maximum absolute atomic E-state index is 13.0. The highest BCUT2D eigenvalue weighted by molar-refractivity contribution is 7.99. The number of nitrogens with zero attached hydrogens (tertiary/aromatic N) is 5. The van der Waals surface area contributed by atoms with Crippen LogP contribution in [0.3, 0.4) is 0 Å². The number of ether oxygens (including phenoxy) is 1. The Morgan fingerprint density at radius 3 is 2.43 bits per heavy atom. The van der Waals surface area contributed by atoms with Crippen molar-refractivity contribution in [1.82, 2.24) is 19.5 Å². The van der Waals surface area contributed by atoms with E-state index in [2.05, 4.69) is 30.9 Å². The minimum atomic E-state index is -0.0213. The fourth-order valence-corrected chi connectivity index (χ4v) is 5.77. The van der Waals surface area contributed by atoms with E-state index < -0.39 is 0 Å². The molecule has 1 N–H and O–H groups in total. The third-order valence-corrected chi connectivity index (χ3v) is 7.95. The summed E-state index contributed by atoms with van der Waals surface area (Å²) < 4.78 is 7.44. The summed E-state index contributed by atoms with van der Waals surface area (Å²) in [7, 11) is 1.66. The molecule has 0 atom stereocenters. The van der Waals surface area contributed by atoms with Gasteiger partial charge in [-0.3, -0.25) is 4.79 Å². The number of hydrogen-bond acceptors (Lipinski definition) is 7. The molecule has 6 rings (SSSR count). The molecule has 0 unspecified atom stereocenters. The van der Waals surface area contributed by atoms with Crippen molar-refractivity contribution in [3.05, 3.63) is 67.1 Å². The minimum absolute atomic E-state index is 0.0213. The molecule has 37 heavy (non-hydrogen) atoms. The number of amides is 1. The van der Waals surface area contributed by atoms with Crippen LogP contribution in [0, 0.1) is 5.92 Å². The smallest absolute Gasteiger partial charge is 0.227 e. The summed E-state index contributed by atoms with van der Waals surface area (Å²) in [6.45, 7) is 2.57. The number of nitrogens with one attached hydrogen (secondary N) is 1. The third kappa shape index (κ3) is 5.04. The topological polar surface area (TPSA) is 85.2 Å². The highest BCUT2D eigenvalue weighted by atomic mass is 32.2. The predicted molar refractivity (Wildman–Crippen MR) is 146 cm³/mol. The zero-order valence-electron chi connectivity index (χ0n) is 20.6. The van der Waals surface area contributed by atoms with Crippen molar-refractivity contribution in [3.63, 3.8) is 0 Å². The fraction of sp³-hybridized carbons (Fsp3) is 0.286. The Morgan fingerprint density at radius 2 is 1.70 bits per heavy atom. The molecule has 9 heteroatoms. The SMILES string of the molecule is COc1ccc(-c2cc(N3CCC(C(=O)Nc4ccc(-c5cn6c(n5)SCC6)cc4)CC3)ncn2)cc1. The van der Waals surface area contributed by atoms with Crippen LogP contribution < -0.4 is 15.0 Å². The quantitative estimate of drug-likeness (QED) is 0.390. The number of fused-ring (bicyclic) bond motifs is 1. The number of carbonyl (C=O) groups is 1. The summed E-state index contributed by atoms with van der Waals surface area (Å²) in [4.78, 5) is 28.8. The maximum Gasteiger partial charge on any atom is 0.227 e. The van der Waals surface area contributed by atoms with Crippen molar-refractivity contribution >= 4 is 29.2 Å². The van der Waals surface area contributed by atoms with Gasteiger partial charge in [0.25, 0.3) is 0 Å². The highest BCUT2D eigenvalue weighted by Gasteiger charge is 2.26. The van der Waals surface area contributed by atoms with Gasteiger partial charge in [-0.15, -0.1) is 0 Å². The summed E-state index contributed by atoms with van der Waals surface area (Å²) >= 11 is 1.79. The Bertz CT molecular complexity index is 1370. The number of imidazole rings is 1. The molecule has 0 spiro atoms. The Balaban J connectivity index is 1.05. The van der Waals surface area contributed by atoms with E-state index >= 15 is 0 Å². The van der Waals surface area contributed by atoms with Gasteiger partial charge in [-0.25, -0.2) is 15.0 Å². The van der Waals surface area contributed by atoms with Gasteiger partial charge in [0.15, 0.2) is 5.16 Å². The normalized spacial score (nSPS) is 15.4. The van der Waals surface area contributed by atoms with Crippen LogP contribution in [0.15, 0.2) is 72.3 Å². The number of carbonyl (C=O) groups excluding carboxylic acids is 1. The van der Waals surface area contributed by atoms with Gasteiger partial charge in [-0.05, 0) is 49.2 Å². The molecule has 1 saturated heterocycles. The predicted octanol–water partition coefficient (Wildman–Crippen LogP) is 4.98. The van der Waals surface area contributed by atoms with Gasteiger partial charge in [0.1, 0.15) is 17.9 Å². The van der Waals surface area contributed by atoms with E-state index in [0.717, 1.165) is 83.2 Å². The molecular weight excluding hydrogens is 484 g/mol. The van der Waals surface area contributed by atoms with Crippen molar-refractivity contribution < 1.29 is 9.53 Å². The van der Waals surface area contributed by atoms with Crippen molar-refractivity contribution in [3.8, 4) is 28.3 Å². The molecule has 1 amide bonds. The molecule has 0 aliphatic carbocycles. The van der Waals surface area contributed by atoms with E-state index in [1.165, 1.54) is 0 Å². The molecule has 4 aromatic rings. The van der Waals surface area contributed by atoms with E-state index in [4.69, 9.17) is 9.72 Å². The molecular formula is C28H28N6O2S. The molecule has 1 fully saturated rings. The lowest BCUT2D eigenvalue weighted by Crippen LogP contribution is -2.38. The number of rotatable bonds is 6. The van der Waals surface area contributed by atoms with Crippen LogP contribution in [0.25, 0.3) is 22.5 Å². The standard InChI is InChI=1S/C28H28N6O2S/c1-36-23-8-4-19(5-9-23)24-16-26(30-18-29-24)33-12-10-21(11-13-33)27(35)31-22-6-2-20(3-7-22)25-17-34-14-15-37-28(34)32-25/h2-9,16-18,21H,10-15H2,1H3,(H,31,35). The molecule has 0 saturated carbocycles. The molecule has 188 valence electrons. The van der Waals surface area contributed by atoms with E-state index in [-0.39, 0.29) is 11.8 Å². The second kappa shape index (κ2) is 10.3. The van der Waals surface area contributed by atoms with Gasteiger partial charge in [-0.2, -0.15) is 0 Å². The Labute approximate surface area is 220 Å². The largest absolute Gasteiger partial charge is 0.497 e. The number of hydrogen-bond donors (Lipinski definition) is 1. The van der Waals surface area contributed by atoms with Crippen LogP contribution in [0.4, 0.5) is 11.5 Å². The lowest BCUT2D eigenvalue weighted by molar-refractivity contribution is -0.120. The van der Waals surface area contributed by atoms with Crippen LogP contribution in [0.5, 0.6) is 5.75 Å². The molecule has 2 aliphatic rings. The van der Waals surface area contributed by atoms with Gasteiger partial charge >= 0.3 is 0 Å². The minimum Gasteiger partial charge on any atom is -0.497 e. The van der Waals surface area contributed by atoms with Crippen molar-refractivity contribution in [2.24, 2.45) is 5.92 Å². The average molecular weight is 513 g/mol. The summed E-state index contributed by atoms with van der Waals surface area (Å²) in [5.41, 5.74) is 4.74. The second-order valence-corrected chi connectivity index (χ2v) is 10.3. The van der Waals surface area contributed by atoms with E-state index in [1.807, 2.05) is 54.6 Å². The monoisotopic (exact) mass is 512 g/mol. The van der Waals surface area contributed by atoms with Crippen LogP contribution in [-0.2, 0) is 11.3 Å². The first-order chi connectivity index (χ1) is 18.2. The number of methoxy groups -OCH3 is 1. The van der Waals surface area contributed by atoms with Gasteiger partial charge in [0, 0.05) is 60.4 Å². The summed E-state index contributed by atoms with van der Waals surface area (Å²) in [6, 6.07) is 17.8. The first kappa shape index (κ1) is 23.5. The van der Waals surface area contributed by atoms with Crippen LogP contribution in [-0.4, -0.2) is 51.4 Å². The van der Waals surface area contributed by atoms with E-state index in [9.17, 15) is 4.79 Å². The first-order valence-corrected chi connectivity index (χ1v) is 13.5. The van der Waals surface area contributed by atoms with E-state index in [1.54, 1.807) is 25.2 Å². The van der Waals surface area contributed by atoms with Crippen LogP contribution >= 0.6 is 11.8 Å². The first-order valence-electron chi connectivity index (χ1n) is 12.5. The molecule has 4 heterocycles. The summed E-state index contributed by atoms with van der Waals surface area (Å²) in [5.74, 6) is 2.85. The van der Waals surface area contributed by atoms with Gasteiger partial charge < -0.3 is 19.5 Å².